The number of para-hydroxylation sites is 1. The average molecular weight is 331 g/mol. The molecule has 0 spiro atoms. The molecule has 1 heterocycles. The minimum absolute atomic E-state index is 0.00334. The molecule has 0 aliphatic carbocycles. The monoisotopic (exact) mass is 330 g/mol. The molecule has 0 saturated carbocycles. The fourth-order valence-electron chi connectivity index (χ4n) is 2.65. The van der Waals surface area contributed by atoms with Crippen molar-refractivity contribution in [2.75, 3.05) is 6.61 Å². The van der Waals surface area contributed by atoms with Gasteiger partial charge in [0.1, 0.15) is 5.75 Å². The molecule has 0 unspecified atom stereocenters. The Kier molecular flexibility index (Phi) is 4.21. The number of benzene rings is 2. The Bertz CT molecular complexity index is 874. The lowest BCUT2D eigenvalue weighted by Crippen LogP contribution is -2.02. The van der Waals surface area contributed by atoms with E-state index in [1.54, 1.807) is 22.8 Å². The molecule has 1 aromatic heterocycles. The van der Waals surface area contributed by atoms with Crippen LogP contribution in [-0.2, 0) is 6.54 Å². The molecule has 118 valence electrons. The minimum atomic E-state index is -0.177. The highest BCUT2D eigenvalue weighted by Gasteiger charge is 2.19. The van der Waals surface area contributed by atoms with Crippen LogP contribution < -0.4 is 4.74 Å². The maximum Gasteiger partial charge on any atom is 0.222 e. The Balaban J connectivity index is 2.14. The first-order valence-corrected chi connectivity index (χ1v) is 7.58. The number of aromatic nitrogens is 1. The second kappa shape index (κ2) is 6.30. The summed E-state index contributed by atoms with van der Waals surface area (Å²) in [4.78, 5) is 11.1. The molecular weight excluding hydrogens is 316 g/mol. The summed E-state index contributed by atoms with van der Waals surface area (Å²) >= 11 is 5.98. The van der Waals surface area contributed by atoms with Crippen LogP contribution in [0.15, 0.2) is 47.6 Å². The van der Waals surface area contributed by atoms with Crippen molar-refractivity contribution in [2.45, 2.75) is 13.5 Å². The number of hydrogen-bond acceptors (Lipinski definition) is 4. The maximum absolute atomic E-state index is 11.1. The van der Waals surface area contributed by atoms with Crippen LogP contribution in [0.3, 0.4) is 0 Å². The Morgan fingerprint density at radius 3 is 2.78 bits per heavy atom. The smallest absolute Gasteiger partial charge is 0.222 e. The van der Waals surface area contributed by atoms with E-state index >= 15 is 0 Å². The van der Waals surface area contributed by atoms with E-state index in [0.29, 0.717) is 29.1 Å². The standard InChI is InChI=1S/C17H15ClN2O3/c1-2-23-15-6-4-3-5-11(15)10-20-14-8-7-12(18)9-13(14)16(19-22)17(20)21/h3-9,21H,2,10H2,1H3. The van der Waals surface area contributed by atoms with Gasteiger partial charge in [0.25, 0.3) is 0 Å². The lowest BCUT2D eigenvalue weighted by molar-refractivity contribution is 0.335. The molecule has 0 aliphatic rings. The molecule has 3 rings (SSSR count). The summed E-state index contributed by atoms with van der Waals surface area (Å²) in [6.07, 6.45) is 0. The number of nitroso groups, excluding NO2 is 1. The third kappa shape index (κ3) is 2.75. The van der Waals surface area contributed by atoms with Crippen molar-refractivity contribution in [2.24, 2.45) is 5.18 Å². The summed E-state index contributed by atoms with van der Waals surface area (Å²) in [5.74, 6) is 0.564. The van der Waals surface area contributed by atoms with Crippen molar-refractivity contribution in [1.29, 1.82) is 0 Å². The Morgan fingerprint density at radius 1 is 1.26 bits per heavy atom. The topological polar surface area (TPSA) is 63.8 Å². The third-order valence-corrected chi connectivity index (χ3v) is 3.90. The van der Waals surface area contributed by atoms with E-state index in [4.69, 9.17) is 16.3 Å². The van der Waals surface area contributed by atoms with Gasteiger partial charge in [-0.2, -0.15) is 0 Å². The van der Waals surface area contributed by atoms with E-state index in [9.17, 15) is 10.0 Å². The van der Waals surface area contributed by atoms with Crippen LogP contribution in [0.2, 0.25) is 5.02 Å². The van der Waals surface area contributed by atoms with Crippen molar-refractivity contribution in [3.05, 3.63) is 58.0 Å². The first-order valence-electron chi connectivity index (χ1n) is 7.20. The summed E-state index contributed by atoms with van der Waals surface area (Å²) in [6.45, 7) is 2.82. The highest BCUT2D eigenvalue weighted by molar-refractivity contribution is 6.31. The highest BCUT2D eigenvalue weighted by atomic mass is 35.5. The van der Waals surface area contributed by atoms with Crippen molar-refractivity contribution >= 4 is 28.2 Å². The van der Waals surface area contributed by atoms with Crippen molar-refractivity contribution in [3.63, 3.8) is 0 Å². The van der Waals surface area contributed by atoms with Crippen molar-refractivity contribution in [3.8, 4) is 11.6 Å². The molecule has 2 aromatic carbocycles. The molecule has 23 heavy (non-hydrogen) atoms. The third-order valence-electron chi connectivity index (χ3n) is 3.66. The fourth-order valence-corrected chi connectivity index (χ4v) is 2.82. The molecular formula is C17H15ClN2O3. The molecule has 0 atom stereocenters. The summed E-state index contributed by atoms with van der Waals surface area (Å²) < 4.78 is 7.24. The summed E-state index contributed by atoms with van der Waals surface area (Å²) in [5.41, 5.74) is 1.58. The Hall–Kier alpha value is -2.53. The molecule has 5 nitrogen and oxygen atoms in total. The number of fused-ring (bicyclic) bond motifs is 1. The van der Waals surface area contributed by atoms with Crippen molar-refractivity contribution < 1.29 is 9.84 Å². The molecule has 0 aliphatic heterocycles. The SMILES string of the molecule is CCOc1ccccc1Cn1c(O)c(N=O)c2cc(Cl)ccc21. The van der Waals surface area contributed by atoms with Crippen LogP contribution in [0.1, 0.15) is 12.5 Å². The zero-order valence-corrected chi connectivity index (χ0v) is 13.2. The van der Waals surface area contributed by atoms with E-state index in [2.05, 4.69) is 5.18 Å². The summed E-state index contributed by atoms with van der Waals surface area (Å²) in [7, 11) is 0. The van der Waals surface area contributed by atoms with Crippen LogP contribution in [-0.4, -0.2) is 16.3 Å². The van der Waals surface area contributed by atoms with E-state index in [0.717, 1.165) is 11.3 Å². The molecule has 6 heteroatoms. The van der Waals surface area contributed by atoms with Gasteiger partial charge in [-0.05, 0) is 36.4 Å². The molecule has 0 bridgehead atoms. The first-order chi connectivity index (χ1) is 11.2. The van der Waals surface area contributed by atoms with Crippen LogP contribution in [0, 0.1) is 4.91 Å². The molecule has 0 fully saturated rings. The Morgan fingerprint density at radius 2 is 2.04 bits per heavy atom. The zero-order chi connectivity index (χ0) is 16.4. The number of halogens is 1. The number of rotatable bonds is 5. The van der Waals surface area contributed by atoms with Gasteiger partial charge in [0.2, 0.25) is 5.88 Å². The van der Waals surface area contributed by atoms with E-state index < -0.39 is 0 Å². The molecule has 0 radical (unpaired) electrons. The highest BCUT2D eigenvalue weighted by Crippen LogP contribution is 2.40. The van der Waals surface area contributed by atoms with Gasteiger partial charge in [0.15, 0.2) is 5.69 Å². The fraction of sp³-hybridized carbons (Fsp3) is 0.176. The number of ether oxygens (including phenoxy) is 1. The van der Waals surface area contributed by atoms with E-state index in [1.165, 1.54) is 0 Å². The van der Waals surface area contributed by atoms with Gasteiger partial charge in [-0.1, -0.05) is 29.8 Å². The molecule has 0 saturated heterocycles. The van der Waals surface area contributed by atoms with Crippen LogP contribution in [0.25, 0.3) is 10.9 Å². The second-order valence-corrected chi connectivity index (χ2v) is 5.49. The molecule has 3 aromatic rings. The minimum Gasteiger partial charge on any atom is -0.494 e. The van der Waals surface area contributed by atoms with Gasteiger partial charge in [-0.25, -0.2) is 0 Å². The number of hydrogen-bond donors (Lipinski definition) is 1. The summed E-state index contributed by atoms with van der Waals surface area (Å²) in [6, 6.07) is 12.7. The summed E-state index contributed by atoms with van der Waals surface area (Å²) in [5, 5.41) is 14.3. The predicted octanol–water partition coefficient (Wildman–Crippen LogP) is 4.85. The van der Waals surface area contributed by atoms with E-state index in [-0.39, 0.29) is 11.6 Å². The number of aromatic hydroxyl groups is 1. The predicted molar refractivity (Wildman–Crippen MR) is 90.8 cm³/mol. The van der Waals surface area contributed by atoms with Gasteiger partial charge in [-0.3, -0.25) is 0 Å². The Labute approximate surface area is 138 Å². The quantitative estimate of drug-likeness (QED) is 0.680. The van der Waals surface area contributed by atoms with Gasteiger partial charge in [0, 0.05) is 16.0 Å². The number of nitrogens with zero attached hydrogens (tertiary/aromatic N) is 2. The lowest BCUT2D eigenvalue weighted by atomic mass is 10.2. The first kappa shape index (κ1) is 15.4. The molecule has 0 amide bonds. The van der Waals surface area contributed by atoms with Gasteiger partial charge in [-0.15, -0.1) is 4.91 Å². The largest absolute Gasteiger partial charge is 0.494 e. The van der Waals surface area contributed by atoms with Gasteiger partial charge >= 0.3 is 0 Å². The van der Waals surface area contributed by atoms with Crippen LogP contribution >= 0.6 is 11.6 Å². The van der Waals surface area contributed by atoms with Gasteiger partial charge in [0.05, 0.1) is 18.7 Å². The van der Waals surface area contributed by atoms with Crippen LogP contribution in [0.4, 0.5) is 5.69 Å². The molecule has 1 N–H and O–H groups in total. The second-order valence-electron chi connectivity index (χ2n) is 5.05. The zero-order valence-electron chi connectivity index (χ0n) is 12.5. The van der Waals surface area contributed by atoms with Crippen molar-refractivity contribution in [1.82, 2.24) is 4.57 Å². The normalized spacial score (nSPS) is 10.9. The van der Waals surface area contributed by atoms with Gasteiger partial charge < -0.3 is 14.4 Å². The van der Waals surface area contributed by atoms with E-state index in [1.807, 2.05) is 31.2 Å². The lowest BCUT2D eigenvalue weighted by Gasteiger charge is -2.12. The average Bonchev–Trinajstić information content (AvgIpc) is 2.80. The van der Waals surface area contributed by atoms with Crippen LogP contribution in [0.5, 0.6) is 11.6 Å². The maximum atomic E-state index is 11.1.